The number of carboxylic acid groups (broad SMARTS) is 1. The Kier molecular flexibility index (Phi) is 7.55. The number of aliphatic carboxylic acids is 1. The Morgan fingerprint density at radius 2 is 2.10 bits per heavy atom. The number of amidine groups is 1. The number of ether oxygens (including phenoxy) is 1. The molecule has 2 N–H and O–H groups in total. The Bertz CT molecular complexity index is 952. The summed E-state index contributed by atoms with van der Waals surface area (Å²) in [6.45, 7) is 1.64. The first-order chi connectivity index (χ1) is 14.4. The van der Waals surface area contributed by atoms with Crippen molar-refractivity contribution in [2.45, 2.75) is 25.9 Å². The van der Waals surface area contributed by atoms with Gasteiger partial charge in [0.1, 0.15) is 11.6 Å². The summed E-state index contributed by atoms with van der Waals surface area (Å²) in [5.41, 5.74) is 6.30. The summed E-state index contributed by atoms with van der Waals surface area (Å²) in [5.74, 6) is 0.515. The van der Waals surface area contributed by atoms with Crippen LogP contribution in [0.2, 0.25) is 10.0 Å². The monoisotopic (exact) mass is 450 g/mol. The molecule has 7 nitrogen and oxygen atoms in total. The highest BCUT2D eigenvalue weighted by molar-refractivity contribution is 6.32. The van der Waals surface area contributed by atoms with E-state index in [4.69, 9.17) is 38.0 Å². The molecule has 0 unspecified atom stereocenters. The Labute approximate surface area is 185 Å². The molecule has 0 radical (unpaired) electrons. The van der Waals surface area contributed by atoms with E-state index >= 15 is 0 Å². The van der Waals surface area contributed by atoms with Crippen LogP contribution in [0.5, 0.6) is 5.75 Å². The first kappa shape index (κ1) is 22.4. The van der Waals surface area contributed by atoms with Crippen LogP contribution in [0.4, 0.5) is 0 Å². The van der Waals surface area contributed by atoms with Gasteiger partial charge in [-0.1, -0.05) is 35.3 Å². The number of halogens is 2. The molecule has 1 heterocycles. The quantitative estimate of drug-likeness (QED) is 0.633. The van der Waals surface area contributed by atoms with Crippen LogP contribution in [0.3, 0.4) is 0 Å². The van der Waals surface area contributed by atoms with Crippen LogP contribution < -0.4 is 10.2 Å². The van der Waals surface area contributed by atoms with E-state index in [0.29, 0.717) is 47.7 Å². The molecular weight excluding hydrogens is 427 g/mol. The summed E-state index contributed by atoms with van der Waals surface area (Å²) in [5, 5.41) is 13.9. The predicted octanol–water partition coefficient (Wildman–Crippen LogP) is 3.98. The maximum atomic E-state index is 10.8. The average Bonchev–Trinajstić information content (AvgIpc) is 2.71. The van der Waals surface area contributed by atoms with Gasteiger partial charge >= 0.3 is 5.97 Å². The maximum Gasteiger partial charge on any atom is 0.303 e. The zero-order valence-electron chi connectivity index (χ0n) is 16.9. The number of hydrogen-bond donors (Lipinski definition) is 2. The van der Waals surface area contributed by atoms with Crippen LogP contribution >= 0.6 is 23.2 Å². The molecule has 0 atom stereocenters. The highest BCUT2D eigenvalue weighted by Crippen LogP contribution is 2.26. The number of aliphatic imine (C=N–C) groups is 1. The number of nitrogens with one attached hydrogen (secondary N) is 1. The van der Waals surface area contributed by atoms with E-state index < -0.39 is 5.97 Å². The van der Waals surface area contributed by atoms with Crippen molar-refractivity contribution in [2.75, 3.05) is 20.7 Å². The molecule has 0 spiro atoms. The van der Waals surface area contributed by atoms with Crippen molar-refractivity contribution in [3.63, 3.8) is 0 Å². The van der Waals surface area contributed by atoms with E-state index in [1.807, 2.05) is 53.6 Å². The molecule has 0 fully saturated rings. The first-order valence-corrected chi connectivity index (χ1v) is 10.3. The Balaban J connectivity index is 1.80. The van der Waals surface area contributed by atoms with Crippen LogP contribution in [0.25, 0.3) is 0 Å². The second-order valence-electron chi connectivity index (χ2n) is 6.98. The summed E-state index contributed by atoms with van der Waals surface area (Å²) < 4.78 is 5.20. The number of benzene rings is 2. The topological polar surface area (TPSA) is 77.4 Å². The zero-order chi connectivity index (χ0) is 21.7. The molecule has 0 saturated heterocycles. The van der Waals surface area contributed by atoms with E-state index in [2.05, 4.69) is 5.43 Å². The van der Waals surface area contributed by atoms with Crippen LogP contribution in [0, 0.1) is 0 Å². The summed E-state index contributed by atoms with van der Waals surface area (Å²) in [6.07, 6.45) is 0.678. The minimum absolute atomic E-state index is 0.129. The van der Waals surface area contributed by atoms with Crippen LogP contribution in [-0.2, 0) is 17.9 Å². The smallest absolute Gasteiger partial charge is 0.303 e. The lowest BCUT2D eigenvalue weighted by Gasteiger charge is -2.37. The van der Waals surface area contributed by atoms with Gasteiger partial charge in [0.05, 0.1) is 25.2 Å². The van der Waals surface area contributed by atoms with Crippen molar-refractivity contribution in [3.05, 3.63) is 63.1 Å². The number of carbonyl (C=O) groups is 1. The molecule has 0 aromatic heterocycles. The van der Waals surface area contributed by atoms with Crippen LogP contribution in [-0.4, -0.2) is 47.7 Å². The third-order valence-electron chi connectivity index (χ3n) is 4.80. The summed E-state index contributed by atoms with van der Waals surface area (Å²) in [7, 11) is 3.49. The van der Waals surface area contributed by atoms with Gasteiger partial charge in [-0.15, -0.1) is 0 Å². The molecule has 2 aromatic carbocycles. The molecule has 30 heavy (non-hydrogen) atoms. The number of carboxylic acids is 1. The van der Waals surface area contributed by atoms with Gasteiger partial charge in [-0.3, -0.25) is 15.2 Å². The SMILES string of the molecule is COc1ccc(CN=C2NN(N(C)CCCC(=O)O)Cc3ccc(Cl)cc32)cc1Cl. The maximum absolute atomic E-state index is 10.8. The normalized spacial score (nSPS) is 15.2. The standard InChI is InChI=1S/C21H24Cl2N4O3/c1-26(9-3-4-20(28)29)27-13-15-6-7-16(22)11-17(15)21(25-27)24-12-14-5-8-19(30-2)18(23)10-14/h5-8,10-11H,3-4,9,12-13H2,1-2H3,(H,24,25)(H,28,29). The molecule has 3 rings (SSSR count). The molecule has 1 aliphatic rings. The fourth-order valence-corrected chi connectivity index (χ4v) is 3.63. The number of fused-ring (bicyclic) bond motifs is 1. The first-order valence-electron chi connectivity index (χ1n) is 9.50. The van der Waals surface area contributed by atoms with Crippen molar-refractivity contribution in [2.24, 2.45) is 4.99 Å². The van der Waals surface area contributed by atoms with E-state index in [0.717, 1.165) is 16.7 Å². The molecule has 2 aromatic rings. The Morgan fingerprint density at radius 1 is 1.30 bits per heavy atom. The minimum atomic E-state index is -0.796. The summed E-state index contributed by atoms with van der Waals surface area (Å²) in [4.78, 5) is 15.6. The van der Waals surface area contributed by atoms with Gasteiger partial charge in [-0.05, 0) is 41.8 Å². The third kappa shape index (κ3) is 5.64. The third-order valence-corrected chi connectivity index (χ3v) is 5.33. The molecule has 9 heteroatoms. The Hall–Kier alpha value is -2.32. The van der Waals surface area contributed by atoms with Gasteiger partial charge in [-0.25, -0.2) is 5.01 Å². The van der Waals surface area contributed by atoms with E-state index in [-0.39, 0.29) is 6.42 Å². The molecule has 0 aliphatic carbocycles. The second kappa shape index (κ2) is 10.1. The van der Waals surface area contributed by atoms with Crippen molar-refractivity contribution in [3.8, 4) is 5.75 Å². The number of hydrazine groups is 2. The van der Waals surface area contributed by atoms with E-state index in [1.165, 1.54) is 0 Å². The van der Waals surface area contributed by atoms with Gasteiger partial charge in [0.2, 0.25) is 0 Å². The molecular formula is C21H24Cl2N4O3. The van der Waals surface area contributed by atoms with Crippen molar-refractivity contribution in [1.29, 1.82) is 0 Å². The average molecular weight is 451 g/mol. The highest BCUT2D eigenvalue weighted by atomic mass is 35.5. The fourth-order valence-electron chi connectivity index (χ4n) is 3.18. The number of hydrogen-bond acceptors (Lipinski definition) is 5. The minimum Gasteiger partial charge on any atom is -0.495 e. The zero-order valence-corrected chi connectivity index (χ0v) is 18.4. The van der Waals surface area contributed by atoms with Gasteiger partial charge in [0.25, 0.3) is 0 Å². The molecule has 1 aliphatic heterocycles. The number of nitrogens with zero attached hydrogens (tertiary/aromatic N) is 3. The van der Waals surface area contributed by atoms with Gasteiger partial charge in [-0.2, -0.15) is 5.12 Å². The van der Waals surface area contributed by atoms with Gasteiger partial charge in [0, 0.05) is 30.6 Å². The lowest BCUT2D eigenvalue weighted by atomic mass is 10.0. The Morgan fingerprint density at radius 3 is 2.80 bits per heavy atom. The second-order valence-corrected chi connectivity index (χ2v) is 7.83. The number of methoxy groups -OCH3 is 1. The molecule has 0 bridgehead atoms. The fraction of sp³-hybridized carbons (Fsp3) is 0.333. The highest BCUT2D eigenvalue weighted by Gasteiger charge is 2.24. The number of rotatable bonds is 8. The van der Waals surface area contributed by atoms with Crippen molar-refractivity contribution >= 4 is 35.0 Å². The molecule has 0 saturated carbocycles. The van der Waals surface area contributed by atoms with E-state index in [1.54, 1.807) is 7.11 Å². The lowest BCUT2D eigenvalue weighted by Crippen LogP contribution is -2.54. The van der Waals surface area contributed by atoms with Crippen molar-refractivity contribution in [1.82, 2.24) is 15.6 Å². The van der Waals surface area contributed by atoms with Crippen LogP contribution in [0.1, 0.15) is 29.5 Å². The van der Waals surface area contributed by atoms with Gasteiger partial charge in [0.15, 0.2) is 0 Å². The summed E-state index contributed by atoms with van der Waals surface area (Å²) in [6, 6.07) is 11.3. The molecule has 0 amide bonds. The predicted molar refractivity (Wildman–Crippen MR) is 118 cm³/mol. The largest absolute Gasteiger partial charge is 0.495 e. The van der Waals surface area contributed by atoms with Gasteiger partial charge < -0.3 is 9.84 Å². The lowest BCUT2D eigenvalue weighted by molar-refractivity contribution is -0.137. The summed E-state index contributed by atoms with van der Waals surface area (Å²) >= 11 is 12.4. The molecule has 160 valence electrons. The van der Waals surface area contributed by atoms with Crippen LogP contribution in [0.15, 0.2) is 41.4 Å². The van der Waals surface area contributed by atoms with Crippen molar-refractivity contribution < 1.29 is 14.6 Å². The van der Waals surface area contributed by atoms with E-state index in [9.17, 15) is 4.79 Å².